The summed E-state index contributed by atoms with van der Waals surface area (Å²) in [5.41, 5.74) is 6.14. The lowest BCUT2D eigenvalue weighted by molar-refractivity contribution is 0.0299. The van der Waals surface area contributed by atoms with Crippen LogP contribution in [0.2, 0.25) is 0 Å². The van der Waals surface area contributed by atoms with E-state index in [0.29, 0.717) is 31.9 Å². The Bertz CT molecular complexity index is 1340. The molecule has 0 radical (unpaired) electrons. The lowest BCUT2D eigenvalue weighted by Crippen LogP contribution is -2.45. The number of nitrogens with two attached hydrogens (primary N) is 1. The molecule has 3 aromatic rings. The van der Waals surface area contributed by atoms with Gasteiger partial charge < -0.3 is 30.2 Å². The Morgan fingerprint density at radius 1 is 1.22 bits per heavy atom. The summed E-state index contributed by atoms with van der Waals surface area (Å²) in [5.74, 6) is 0.0845. The Morgan fingerprint density at radius 3 is 2.83 bits per heavy atom. The second-order valence-corrected chi connectivity index (χ2v) is 8.94. The Balaban J connectivity index is 1.33. The first-order chi connectivity index (χ1) is 17.5. The number of amides is 1. The first-order valence-electron chi connectivity index (χ1n) is 12.0. The second kappa shape index (κ2) is 10.4. The van der Waals surface area contributed by atoms with Crippen LogP contribution in [0.4, 0.5) is 5.69 Å². The van der Waals surface area contributed by atoms with Gasteiger partial charge in [0.2, 0.25) is 11.7 Å². The quantitative estimate of drug-likeness (QED) is 0.427. The Morgan fingerprint density at radius 2 is 2.03 bits per heavy atom. The number of ether oxygens (including phenoxy) is 1. The van der Waals surface area contributed by atoms with Crippen LogP contribution in [0.25, 0.3) is 11.4 Å². The molecule has 4 heterocycles. The number of aromatic nitrogens is 5. The van der Waals surface area contributed by atoms with Gasteiger partial charge in [-0.25, -0.2) is 9.36 Å². The average Bonchev–Trinajstić information content (AvgIpc) is 3.38. The highest BCUT2D eigenvalue weighted by molar-refractivity contribution is 5.93. The largest absolute Gasteiger partial charge is 0.378 e. The van der Waals surface area contributed by atoms with E-state index >= 15 is 0 Å². The number of pyridine rings is 1. The zero-order valence-electron chi connectivity index (χ0n) is 19.7. The van der Waals surface area contributed by atoms with Crippen molar-refractivity contribution in [3.8, 4) is 11.4 Å². The summed E-state index contributed by atoms with van der Waals surface area (Å²) < 4.78 is 11.6. The normalized spacial score (nSPS) is 20.3. The molecule has 5 rings (SSSR count). The number of rotatable bonds is 6. The summed E-state index contributed by atoms with van der Waals surface area (Å²) in [6, 6.07) is 3.14. The van der Waals surface area contributed by atoms with Gasteiger partial charge in [0.05, 0.1) is 13.2 Å². The lowest BCUT2D eigenvalue weighted by atomic mass is 9.91. The van der Waals surface area contributed by atoms with Gasteiger partial charge in [0.1, 0.15) is 17.9 Å². The molecule has 36 heavy (non-hydrogen) atoms. The lowest BCUT2D eigenvalue weighted by Gasteiger charge is -2.29. The summed E-state index contributed by atoms with van der Waals surface area (Å²) in [5, 5.41) is 7.14. The molecule has 0 bridgehead atoms. The number of hydrogen-bond donors (Lipinski definition) is 3. The Hall–Kier alpha value is -3.84. The van der Waals surface area contributed by atoms with Crippen molar-refractivity contribution >= 4 is 11.6 Å². The van der Waals surface area contributed by atoms with Gasteiger partial charge in [-0.1, -0.05) is 18.0 Å². The molecule has 1 aliphatic carbocycles. The first-order valence-corrected chi connectivity index (χ1v) is 12.0. The van der Waals surface area contributed by atoms with Crippen LogP contribution in [-0.4, -0.2) is 73.9 Å². The number of nitrogens with one attached hydrogen (secondary N) is 2. The number of hydrogen-bond acceptors (Lipinski definition) is 10. The number of anilines is 1. The molecular weight excluding hydrogens is 468 g/mol. The van der Waals surface area contributed by atoms with Crippen molar-refractivity contribution in [1.82, 2.24) is 29.6 Å². The maximum absolute atomic E-state index is 13.0. The molecule has 0 spiro atoms. The van der Waals surface area contributed by atoms with E-state index in [0.717, 1.165) is 30.3 Å². The van der Waals surface area contributed by atoms with Gasteiger partial charge in [0.25, 0.3) is 11.5 Å². The molecule has 2 fully saturated rings. The van der Waals surface area contributed by atoms with E-state index in [1.807, 2.05) is 0 Å². The third kappa shape index (κ3) is 5.06. The highest BCUT2D eigenvalue weighted by Gasteiger charge is 2.24. The number of carbonyl (C=O) groups is 1. The van der Waals surface area contributed by atoms with E-state index in [1.165, 1.54) is 12.4 Å². The molecule has 1 amide bonds. The molecule has 0 unspecified atom stereocenters. The van der Waals surface area contributed by atoms with Crippen LogP contribution in [-0.2, 0) is 11.3 Å². The molecule has 1 aliphatic heterocycles. The zero-order valence-corrected chi connectivity index (χ0v) is 19.7. The van der Waals surface area contributed by atoms with Crippen molar-refractivity contribution in [3.63, 3.8) is 0 Å². The molecule has 4 N–H and O–H groups in total. The molecule has 190 valence electrons. The molecular formula is C23H28N8O5. The van der Waals surface area contributed by atoms with Gasteiger partial charge in [-0.15, -0.1) is 0 Å². The van der Waals surface area contributed by atoms with Crippen LogP contribution in [0, 0.1) is 0 Å². The van der Waals surface area contributed by atoms with Crippen LogP contribution < -0.4 is 22.3 Å². The number of carbonyl (C=O) groups excluding carboxylic acids is 1. The SMILES string of the molecule is N[C@@H]1CCCC[C@@H]1Nc1c[nH]c(=O)n(Cc2nc(-c3ccnc(C(=O)N4CCOCC4)c3)no2)c1=O. The fraction of sp³-hybridized carbons (Fsp3) is 0.478. The van der Waals surface area contributed by atoms with Crippen LogP contribution in [0.5, 0.6) is 0 Å². The smallest absolute Gasteiger partial charge is 0.328 e. The van der Waals surface area contributed by atoms with E-state index in [2.05, 4.69) is 25.4 Å². The Labute approximate surface area is 205 Å². The van der Waals surface area contributed by atoms with Gasteiger partial charge >= 0.3 is 5.69 Å². The molecule has 13 heteroatoms. The topological polar surface area (TPSA) is 174 Å². The van der Waals surface area contributed by atoms with Crippen LogP contribution in [0.1, 0.15) is 42.1 Å². The van der Waals surface area contributed by atoms with Crippen LogP contribution in [0.15, 0.2) is 38.6 Å². The minimum Gasteiger partial charge on any atom is -0.378 e. The number of nitrogens with zero attached hydrogens (tertiary/aromatic N) is 5. The molecule has 13 nitrogen and oxygen atoms in total. The van der Waals surface area contributed by atoms with Crippen molar-refractivity contribution in [2.75, 3.05) is 31.6 Å². The molecule has 1 saturated heterocycles. The average molecular weight is 497 g/mol. The van der Waals surface area contributed by atoms with Crippen molar-refractivity contribution in [1.29, 1.82) is 0 Å². The van der Waals surface area contributed by atoms with E-state index in [9.17, 15) is 14.4 Å². The van der Waals surface area contributed by atoms with Gasteiger partial charge in [0.15, 0.2) is 0 Å². The summed E-state index contributed by atoms with van der Waals surface area (Å²) in [6.07, 6.45) is 6.70. The summed E-state index contributed by atoms with van der Waals surface area (Å²) in [6.45, 7) is 1.77. The third-order valence-electron chi connectivity index (χ3n) is 6.52. The van der Waals surface area contributed by atoms with Crippen LogP contribution in [0.3, 0.4) is 0 Å². The molecule has 0 aromatic carbocycles. The van der Waals surface area contributed by atoms with Gasteiger partial charge in [-0.3, -0.25) is 14.6 Å². The minimum absolute atomic E-state index is 0.0399. The minimum atomic E-state index is -0.597. The van der Waals surface area contributed by atoms with Crippen LogP contribution >= 0.6 is 0 Å². The maximum Gasteiger partial charge on any atom is 0.328 e. The number of morpholine rings is 1. The summed E-state index contributed by atoms with van der Waals surface area (Å²) >= 11 is 0. The number of H-pyrrole nitrogens is 1. The predicted octanol–water partition coefficient (Wildman–Crippen LogP) is 0.184. The molecule has 2 aliphatic rings. The van der Waals surface area contributed by atoms with E-state index in [-0.39, 0.29) is 47.6 Å². The monoisotopic (exact) mass is 496 g/mol. The first kappa shape index (κ1) is 23.9. The van der Waals surface area contributed by atoms with Gasteiger partial charge in [-0.2, -0.15) is 4.98 Å². The molecule has 1 saturated carbocycles. The predicted molar refractivity (Wildman–Crippen MR) is 129 cm³/mol. The molecule has 2 atom stereocenters. The number of aromatic amines is 1. The second-order valence-electron chi connectivity index (χ2n) is 8.94. The van der Waals surface area contributed by atoms with E-state index < -0.39 is 11.2 Å². The zero-order chi connectivity index (χ0) is 25.1. The van der Waals surface area contributed by atoms with Crippen molar-refractivity contribution in [2.45, 2.75) is 44.3 Å². The van der Waals surface area contributed by atoms with E-state index in [4.69, 9.17) is 15.0 Å². The maximum atomic E-state index is 13.0. The summed E-state index contributed by atoms with van der Waals surface area (Å²) in [7, 11) is 0. The fourth-order valence-electron chi connectivity index (χ4n) is 4.48. The summed E-state index contributed by atoms with van der Waals surface area (Å²) in [4.78, 5) is 50.9. The highest BCUT2D eigenvalue weighted by atomic mass is 16.5. The van der Waals surface area contributed by atoms with Crippen molar-refractivity contribution in [2.24, 2.45) is 5.73 Å². The van der Waals surface area contributed by atoms with Crippen molar-refractivity contribution < 1.29 is 14.1 Å². The van der Waals surface area contributed by atoms with Crippen molar-refractivity contribution in [3.05, 3.63) is 56.9 Å². The molecule has 3 aromatic heterocycles. The van der Waals surface area contributed by atoms with E-state index in [1.54, 1.807) is 17.0 Å². The Kier molecular flexibility index (Phi) is 6.91. The fourth-order valence-corrected chi connectivity index (χ4v) is 4.48. The highest BCUT2D eigenvalue weighted by Crippen LogP contribution is 2.20. The van der Waals surface area contributed by atoms with Gasteiger partial charge in [-0.05, 0) is 25.0 Å². The standard InChI is InChI=1S/C23H28N8O5/c24-15-3-1-2-4-16(15)27-18-12-26-23(34)31(22(18)33)13-19-28-20(29-36-19)14-5-6-25-17(11-14)21(32)30-7-9-35-10-8-30/h5-6,11-12,15-16,27H,1-4,7-10,13,24H2,(H,26,34)/t15-,16+/m1/s1. The third-order valence-corrected chi connectivity index (χ3v) is 6.52. The van der Waals surface area contributed by atoms with Gasteiger partial charge in [0, 0.05) is 43.1 Å².